The lowest BCUT2D eigenvalue weighted by Crippen LogP contribution is -2.47. The summed E-state index contributed by atoms with van der Waals surface area (Å²) in [7, 11) is 0. The maximum atomic E-state index is 12.3. The van der Waals surface area contributed by atoms with Gasteiger partial charge >= 0.3 is 6.09 Å². The Labute approximate surface area is 121 Å². The molecule has 1 rings (SSSR count). The van der Waals surface area contributed by atoms with E-state index >= 15 is 0 Å². The van der Waals surface area contributed by atoms with Crippen molar-refractivity contribution in [3.8, 4) is 5.75 Å². The summed E-state index contributed by atoms with van der Waals surface area (Å²) in [5, 5.41) is 9.31. The van der Waals surface area contributed by atoms with Crippen molar-refractivity contribution in [1.29, 1.82) is 0 Å². The molecular weight excluding hydrogens is 254 g/mol. The minimum absolute atomic E-state index is 0.216. The minimum atomic E-state index is -0.518. The lowest BCUT2D eigenvalue weighted by Gasteiger charge is -2.37. The van der Waals surface area contributed by atoms with Gasteiger partial charge in [-0.1, -0.05) is 12.1 Å². The molecule has 0 unspecified atom stereocenters. The van der Waals surface area contributed by atoms with E-state index in [0.717, 1.165) is 5.56 Å². The maximum Gasteiger partial charge on any atom is 0.411 e. The van der Waals surface area contributed by atoms with Crippen molar-refractivity contribution in [2.24, 2.45) is 0 Å². The predicted molar refractivity (Wildman–Crippen MR) is 79.6 cm³/mol. The van der Waals surface area contributed by atoms with Gasteiger partial charge in [-0.25, -0.2) is 4.79 Å². The van der Waals surface area contributed by atoms with E-state index in [1.165, 1.54) is 0 Å². The summed E-state index contributed by atoms with van der Waals surface area (Å²) >= 11 is 0. The van der Waals surface area contributed by atoms with E-state index in [-0.39, 0.29) is 17.4 Å². The predicted octanol–water partition coefficient (Wildman–Crippen LogP) is 3.93. The minimum Gasteiger partial charge on any atom is -0.508 e. The first kappa shape index (κ1) is 16.3. The van der Waals surface area contributed by atoms with Crippen molar-refractivity contribution in [3.63, 3.8) is 0 Å². The van der Waals surface area contributed by atoms with E-state index in [9.17, 15) is 9.90 Å². The van der Waals surface area contributed by atoms with E-state index in [1.807, 2.05) is 41.5 Å². The molecule has 0 saturated carbocycles. The topological polar surface area (TPSA) is 49.8 Å². The third kappa shape index (κ3) is 5.11. The van der Waals surface area contributed by atoms with Gasteiger partial charge in [-0.15, -0.1) is 0 Å². The van der Waals surface area contributed by atoms with Crippen LogP contribution in [0, 0.1) is 0 Å². The summed E-state index contributed by atoms with van der Waals surface area (Å²) in [6.45, 7) is 11.9. The molecule has 0 aliphatic heterocycles. The van der Waals surface area contributed by atoms with Gasteiger partial charge < -0.3 is 9.84 Å². The quantitative estimate of drug-likeness (QED) is 0.892. The van der Waals surface area contributed by atoms with Crippen molar-refractivity contribution in [2.45, 2.75) is 59.2 Å². The highest BCUT2D eigenvalue weighted by Gasteiger charge is 2.30. The standard InChI is InChI=1S/C16H25NO3/c1-15(2,3)17(14(19)20-16(4,5)6)11-12-7-9-13(18)10-8-12/h7-10,18H,11H2,1-6H3. The second-order valence-electron chi connectivity index (χ2n) is 6.90. The highest BCUT2D eigenvalue weighted by molar-refractivity contribution is 5.69. The molecule has 0 aliphatic carbocycles. The Morgan fingerprint density at radius 1 is 1.10 bits per heavy atom. The molecule has 1 N–H and O–H groups in total. The number of rotatable bonds is 2. The molecule has 112 valence electrons. The fraction of sp³-hybridized carbons (Fsp3) is 0.562. The van der Waals surface area contributed by atoms with Gasteiger partial charge in [0, 0.05) is 12.1 Å². The summed E-state index contributed by atoms with van der Waals surface area (Å²) in [6, 6.07) is 6.84. The van der Waals surface area contributed by atoms with E-state index in [2.05, 4.69) is 0 Å². The molecular formula is C16H25NO3. The summed E-state index contributed by atoms with van der Waals surface area (Å²) in [5.41, 5.74) is 0.0824. The van der Waals surface area contributed by atoms with Crippen LogP contribution in [0.5, 0.6) is 5.75 Å². The van der Waals surface area contributed by atoms with E-state index in [1.54, 1.807) is 29.2 Å². The molecule has 0 bridgehead atoms. The summed E-state index contributed by atoms with van der Waals surface area (Å²) in [4.78, 5) is 14.0. The van der Waals surface area contributed by atoms with Crippen molar-refractivity contribution in [1.82, 2.24) is 4.90 Å². The molecule has 0 heterocycles. The highest BCUT2D eigenvalue weighted by atomic mass is 16.6. The van der Waals surface area contributed by atoms with Crippen LogP contribution in [0.2, 0.25) is 0 Å². The number of hydrogen-bond acceptors (Lipinski definition) is 3. The Morgan fingerprint density at radius 3 is 2.00 bits per heavy atom. The molecule has 0 radical (unpaired) electrons. The molecule has 0 aromatic heterocycles. The monoisotopic (exact) mass is 279 g/mol. The maximum absolute atomic E-state index is 12.3. The van der Waals surface area contributed by atoms with Crippen LogP contribution >= 0.6 is 0 Å². The van der Waals surface area contributed by atoms with Gasteiger partial charge in [0.05, 0.1) is 0 Å². The second-order valence-corrected chi connectivity index (χ2v) is 6.90. The average Bonchev–Trinajstić information content (AvgIpc) is 2.24. The Morgan fingerprint density at radius 2 is 1.60 bits per heavy atom. The number of carbonyl (C=O) groups excluding carboxylic acids is 1. The zero-order valence-electron chi connectivity index (χ0n) is 13.2. The number of benzene rings is 1. The summed E-state index contributed by atoms with van der Waals surface area (Å²) in [5.74, 6) is 0.216. The first-order chi connectivity index (χ1) is 8.99. The van der Waals surface area contributed by atoms with Crippen LogP contribution in [0.1, 0.15) is 47.1 Å². The number of ether oxygens (including phenoxy) is 1. The van der Waals surface area contributed by atoms with Crippen molar-refractivity contribution in [2.75, 3.05) is 0 Å². The molecule has 4 nitrogen and oxygen atoms in total. The van der Waals surface area contributed by atoms with Crippen molar-refractivity contribution in [3.05, 3.63) is 29.8 Å². The fourth-order valence-electron chi connectivity index (χ4n) is 1.68. The van der Waals surface area contributed by atoms with Crippen molar-refractivity contribution >= 4 is 6.09 Å². The molecule has 0 atom stereocenters. The Hall–Kier alpha value is -1.71. The first-order valence-electron chi connectivity index (χ1n) is 6.77. The molecule has 20 heavy (non-hydrogen) atoms. The molecule has 1 aromatic rings. The van der Waals surface area contributed by atoms with Gasteiger partial charge in [-0.3, -0.25) is 4.90 Å². The molecule has 0 fully saturated rings. The van der Waals surface area contributed by atoms with E-state index in [4.69, 9.17) is 4.74 Å². The van der Waals surface area contributed by atoms with Crippen LogP contribution in [0.25, 0.3) is 0 Å². The fourth-order valence-corrected chi connectivity index (χ4v) is 1.68. The molecule has 1 amide bonds. The van der Waals surface area contributed by atoms with Crippen LogP contribution in [0.4, 0.5) is 4.79 Å². The number of aromatic hydroxyl groups is 1. The van der Waals surface area contributed by atoms with Gasteiger partial charge in [-0.2, -0.15) is 0 Å². The number of carbonyl (C=O) groups is 1. The largest absolute Gasteiger partial charge is 0.508 e. The van der Waals surface area contributed by atoms with Gasteiger partial charge in [0.25, 0.3) is 0 Å². The summed E-state index contributed by atoms with van der Waals surface area (Å²) in [6.07, 6.45) is -0.335. The SMILES string of the molecule is CC(C)(C)OC(=O)N(Cc1ccc(O)cc1)C(C)(C)C. The molecule has 0 spiro atoms. The van der Waals surface area contributed by atoms with Crippen LogP contribution in [0.15, 0.2) is 24.3 Å². The van der Waals surface area contributed by atoms with Crippen LogP contribution in [0.3, 0.4) is 0 Å². The smallest absolute Gasteiger partial charge is 0.411 e. The molecule has 4 heteroatoms. The number of hydrogen-bond donors (Lipinski definition) is 1. The highest BCUT2D eigenvalue weighted by Crippen LogP contribution is 2.22. The van der Waals surface area contributed by atoms with Crippen molar-refractivity contribution < 1.29 is 14.6 Å². The molecule has 0 saturated heterocycles. The van der Waals surface area contributed by atoms with Crippen LogP contribution < -0.4 is 0 Å². The number of phenols is 1. The zero-order chi connectivity index (χ0) is 15.6. The van der Waals surface area contributed by atoms with Crippen LogP contribution in [-0.2, 0) is 11.3 Å². The van der Waals surface area contributed by atoms with Gasteiger partial charge in [0.1, 0.15) is 11.4 Å². The van der Waals surface area contributed by atoms with Gasteiger partial charge in [0.2, 0.25) is 0 Å². The van der Waals surface area contributed by atoms with E-state index < -0.39 is 5.60 Å². The zero-order valence-corrected chi connectivity index (χ0v) is 13.2. The second kappa shape index (κ2) is 5.73. The molecule has 1 aromatic carbocycles. The third-order valence-electron chi connectivity index (χ3n) is 2.70. The normalized spacial score (nSPS) is 12.1. The lowest BCUT2D eigenvalue weighted by molar-refractivity contribution is 0.00372. The summed E-state index contributed by atoms with van der Waals surface area (Å²) < 4.78 is 5.46. The number of nitrogens with zero attached hydrogens (tertiary/aromatic N) is 1. The Balaban J connectivity index is 2.91. The molecule has 0 aliphatic rings. The van der Waals surface area contributed by atoms with Crippen LogP contribution in [-0.4, -0.2) is 27.2 Å². The number of phenolic OH excluding ortho intramolecular Hbond substituents is 1. The van der Waals surface area contributed by atoms with Gasteiger partial charge in [-0.05, 0) is 59.2 Å². The lowest BCUT2D eigenvalue weighted by atomic mass is 10.1. The van der Waals surface area contributed by atoms with Gasteiger partial charge in [0.15, 0.2) is 0 Å². The van der Waals surface area contributed by atoms with E-state index in [0.29, 0.717) is 6.54 Å². The Kier molecular flexibility index (Phi) is 4.69. The number of amides is 1. The average molecular weight is 279 g/mol. The first-order valence-corrected chi connectivity index (χ1v) is 6.77. The Bertz CT molecular complexity index is 452. The third-order valence-corrected chi connectivity index (χ3v) is 2.70.